The molecule has 0 fully saturated rings. The monoisotopic (exact) mass is 404 g/mol. The van der Waals surface area contributed by atoms with Gasteiger partial charge in [0.25, 0.3) is 0 Å². The molecular weight excluding hydrogens is 389 g/mol. The summed E-state index contributed by atoms with van der Waals surface area (Å²) in [6, 6.07) is 5.72. The highest BCUT2D eigenvalue weighted by molar-refractivity contribution is 5.88. The maximum Gasteiger partial charge on any atom is 0.421 e. The first-order valence-corrected chi connectivity index (χ1v) is 8.62. The van der Waals surface area contributed by atoms with E-state index in [1.807, 2.05) is 0 Å². The predicted octanol–water partition coefficient (Wildman–Crippen LogP) is 3.22. The Kier molecular flexibility index (Phi) is 4.57. The predicted molar refractivity (Wildman–Crippen MR) is 97.1 cm³/mol. The molecule has 2 aromatic heterocycles. The minimum Gasteiger partial charge on any atom is -0.478 e. The van der Waals surface area contributed by atoms with Crippen molar-refractivity contribution in [2.24, 2.45) is 0 Å². The standard InChI is InChI=1S/C18H15F3N6O2/c19-18(20,21)12-7-22-17(25-11-3-1-10(2-4-11)16(28)29)26-15(12)27-6-5-13-14(8-27)24-9-23-13/h1-4,7,9H,5-6,8H2,(H,23,24)(H,28,29)(H,22,25,26). The van der Waals surface area contributed by atoms with Crippen LogP contribution in [0.25, 0.3) is 0 Å². The number of nitrogens with one attached hydrogen (secondary N) is 2. The van der Waals surface area contributed by atoms with Crippen LogP contribution >= 0.6 is 0 Å². The van der Waals surface area contributed by atoms with Crippen molar-refractivity contribution < 1.29 is 23.1 Å². The summed E-state index contributed by atoms with van der Waals surface area (Å²) in [4.78, 5) is 27.5. The lowest BCUT2D eigenvalue weighted by Gasteiger charge is -2.29. The van der Waals surface area contributed by atoms with Crippen molar-refractivity contribution in [2.45, 2.75) is 19.1 Å². The maximum atomic E-state index is 13.5. The van der Waals surface area contributed by atoms with E-state index in [0.29, 0.717) is 24.3 Å². The van der Waals surface area contributed by atoms with Gasteiger partial charge in [0.05, 0.1) is 24.1 Å². The molecule has 1 aliphatic rings. The zero-order valence-electron chi connectivity index (χ0n) is 14.9. The number of carboxylic acids is 1. The largest absolute Gasteiger partial charge is 0.478 e. The summed E-state index contributed by atoms with van der Waals surface area (Å²) >= 11 is 0. The van der Waals surface area contributed by atoms with E-state index in [9.17, 15) is 18.0 Å². The zero-order valence-corrected chi connectivity index (χ0v) is 14.9. The fourth-order valence-corrected chi connectivity index (χ4v) is 3.09. The topological polar surface area (TPSA) is 107 Å². The Morgan fingerprint density at radius 1 is 1.21 bits per heavy atom. The molecule has 150 valence electrons. The van der Waals surface area contributed by atoms with E-state index in [-0.39, 0.29) is 23.9 Å². The van der Waals surface area contributed by atoms with Crippen LogP contribution in [0.2, 0.25) is 0 Å². The number of rotatable bonds is 4. The second-order valence-corrected chi connectivity index (χ2v) is 6.44. The number of alkyl halides is 3. The molecule has 0 bridgehead atoms. The van der Waals surface area contributed by atoms with Crippen LogP contribution in [0.3, 0.4) is 0 Å². The summed E-state index contributed by atoms with van der Waals surface area (Å²) in [5.41, 5.74) is 1.20. The van der Waals surface area contributed by atoms with Crippen molar-refractivity contribution in [1.82, 2.24) is 19.9 Å². The number of H-pyrrole nitrogens is 1. The van der Waals surface area contributed by atoms with Crippen LogP contribution in [-0.4, -0.2) is 37.6 Å². The normalized spacial score (nSPS) is 13.8. The quantitative estimate of drug-likeness (QED) is 0.613. The number of aromatic carboxylic acids is 1. The smallest absolute Gasteiger partial charge is 0.421 e. The van der Waals surface area contributed by atoms with Crippen molar-refractivity contribution in [2.75, 3.05) is 16.8 Å². The van der Waals surface area contributed by atoms with Crippen LogP contribution in [0, 0.1) is 0 Å². The van der Waals surface area contributed by atoms with Crippen LogP contribution in [0.1, 0.15) is 27.3 Å². The fraction of sp³-hybridized carbons (Fsp3) is 0.222. The zero-order chi connectivity index (χ0) is 20.6. The van der Waals surface area contributed by atoms with Crippen molar-refractivity contribution in [1.29, 1.82) is 0 Å². The molecule has 0 spiro atoms. The molecule has 3 aromatic rings. The Bertz CT molecular complexity index is 1050. The summed E-state index contributed by atoms with van der Waals surface area (Å²) in [7, 11) is 0. The van der Waals surface area contributed by atoms with E-state index in [1.54, 1.807) is 0 Å². The second kappa shape index (κ2) is 7.08. The highest BCUT2D eigenvalue weighted by Gasteiger charge is 2.37. The van der Waals surface area contributed by atoms with Gasteiger partial charge in [-0.05, 0) is 24.3 Å². The average Bonchev–Trinajstić information content (AvgIpc) is 3.15. The van der Waals surface area contributed by atoms with Gasteiger partial charge in [0.1, 0.15) is 11.4 Å². The van der Waals surface area contributed by atoms with Crippen LogP contribution in [0.4, 0.5) is 30.6 Å². The number of nitrogens with zero attached hydrogens (tertiary/aromatic N) is 4. The number of hydrogen-bond donors (Lipinski definition) is 3. The highest BCUT2D eigenvalue weighted by Crippen LogP contribution is 2.37. The molecule has 0 saturated carbocycles. The number of halogens is 3. The first kappa shape index (κ1) is 18.7. The van der Waals surface area contributed by atoms with E-state index in [2.05, 4.69) is 25.3 Å². The Morgan fingerprint density at radius 3 is 2.66 bits per heavy atom. The lowest BCUT2D eigenvalue weighted by molar-refractivity contribution is -0.137. The van der Waals surface area contributed by atoms with Gasteiger partial charge >= 0.3 is 12.1 Å². The van der Waals surface area contributed by atoms with Crippen molar-refractivity contribution in [3.63, 3.8) is 0 Å². The van der Waals surface area contributed by atoms with E-state index >= 15 is 0 Å². The molecule has 0 aliphatic carbocycles. The Hall–Kier alpha value is -3.63. The highest BCUT2D eigenvalue weighted by atomic mass is 19.4. The average molecular weight is 404 g/mol. The minimum absolute atomic E-state index is 0.0242. The van der Waals surface area contributed by atoms with Gasteiger partial charge in [-0.3, -0.25) is 0 Å². The molecule has 3 N–H and O–H groups in total. The Balaban J connectivity index is 1.65. The number of carboxylic acid groups (broad SMARTS) is 1. The van der Waals surface area contributed by atoms with E-state index in [0.717, 1.165) is 11.9 Å². The summed E-state index contributed by atoms with van der Waals surface area (Å²) < 4.78 is 40.5. The lowest BCUT2D eigenvalue weighted by atomic mass is 10.1. The molecule has 0 atom stereocenters. The molecular formula is C18H15F3N6O2. The number of benzene rings is 1. The molecule has 3 heterocycles. The first-order valence-electron chi connectivity index (χ1n) is 8.62. The summed E-state index contributed by atoms with van der Waals surface area (Å²) in [5.74, 6) is -1.33. The molecule has 1 aliphatic heterocycles. The first-order chi connectivity index (χ1) is 13.8. The number of fused-ring (bicyclic) bond motifs is 1. The van der Waals surface area contributed by atoms with Gasteiger partial charge in [-0.15, -0.1) is 0 Å². The van der Waals surface area contributed by atoms with E-state index in [4.69, 9.17) is 5.11 Å². The van der Waals surface area contributed by atoms with E-state index < -0.39 is 17.7 Å². The molecule has 0 unspecified atom stereocenters. The van der Waals surface area contributed by atoms with Crippen LogP contribution in [0.5, 0.6) is 0 Å². The van der Waals surface area contributed by atoms with Gasteiger partial charge in [-0.25, -0.2) is 14.8 Å². The number of aromatic nitrogens is 4. The molecule has 0 amide bonds. The number of anilines is 3. The number of carbonyl (C=O) groups is 1. The minimum atomic E-state index is -4.61. The molecule has 0 radical (unpaired) electrons. The molecule has 11 heteroatoms. The lowest BCUT2D eigenvalue weighted by Crippen LogP contribution is -2.33. The third-order valence-electron chi connectivity index (χ3n) is 4.54. The van der Waals surface area contributed by atoms with Crippen molar-refractivity contribution in [3.05, 3.63) is 59.3 Å². The summed E-state index contributed by atoms with van der Waals surface area (Å²) in [5, 5.41) is 11.8. The van der Waals surface area contributed by atoms with Crippen LogP contribution in [0.15, 0.2) is 36.8 Å². The third-order valence-corrected chi connectivity index (χ3v) is 4.54. The second-order valence-electron chi connectivity index (χ2n) is 6.44. The van der Waals surface area contributed by atoms with Gasteiger partial charge in [0.15, 0.2) is 0 Å². The van der Waals surface area contributed by atoms with Crippen molar-refractivity contribution in [3.8, 4) is 0 Å². The summed E-state index contributed by atoms with van der Waals surface area (Å²) in [6.07, 6.45) is -1.82. The number of imidazole rings is 1. The summed E-state index contributed by atoms with van der Waals surface area (Å²) in [6.45, 7) is 0.549. The number of aromatic amines is 1. The Labute approximate surface area is 162 Å². The molecule has 1 aromatic carbocycles. The van der Waals surface area contributed by atoms with Gasteiger partial charge in [-0.2, -0.15) is 18.2 Å². The van der Waals surface area contributed by atoms with Gasteiger partial charge in [-0.1, -0.05) is 0 Å². The third kappa shape index (κ3) is 3.84. The van der Waals surface area contributed by atoms with Crippen LogP contribution in [-0.2, 0) is 19.1 Å². The fourth-order valence-electron chi connectivity index (χ4n) is 3.09. The molecule has 4 rings (SSSR count). The van der Waals surface area contributed by atoms with Gasteiger partial charge < -0.3 is 20.3 Å². The van der Waals surface area contributed by atoms with E-state index in [1.165, 1.54) is 35.5 Å². The Morgan fingerprint density at radius 2 is 1.97 bits per heavy atom. The van der Waals surface area contributed by atoms with Crippen LogP contribution < -0.4 is 10.2 Å². The van der Waals surface area contributed by atoms with Gasteiger partial charge in [0, 0.05) is 30.5 Å². The van der Waals surface area contributed by atoms with Crippen molar-refractivity contribution >= 4 is 23.4 Å². The van der Waals surface area contributed by atoms with Gasteiger partial charge in [0.2, 0.25) is 5.95 Å². The molecule has 8 nitrogen and oxygen atoms in total. The SMILES string of the molecule is O=C(O)c1ccc(Nc2ncc(C(F)(F)F)c(N3CCc4[nH]cnc4C3)n2)cc1. The molecule has 29 heavy (non-hydrogen) atoms. The molecule has 0 saturated heterocycles. The number of hydrogen-bond acceptors (Lipinski definition) is 6. The maximum absolute atomic E-state index is 13.5.